The molecule has 3 nitrogen and oxygen atoms in total. The minimum Gasteiger partial charge on any atom is -0.378 e. The van der Waals surface area contributed by atoms with Crippen LogP contribution in [0.4, 0.5) is 0 Å². The number of methoxy groups -OCH3 is 1. The van der Waals surface area contributed by atoms with Crippen molar-refractivity contribution in [2.24, 2.45) is 0 Å². The van der Waals surface area contributed by atoms with Crippen LogP contribution in [0.3, 0.4) is 0 Å². The van der Waals surface area contributed by atoms with E-state index in [9.17, 15) is 0 Å². The van der Waals surface area contributed by atoms with Crippen molar-refractivity contribution in [2.45, 2.75) is 52.7 Å². The molecular weight excluding hydrogens is 188 g/mol. The Morgan fingerprint density at radius 1 is 1.40 bits per heavy atom. The zero-order chi connectivity index (χ0) is 11.6. The molecular formula is C12H22N2O. The molecule has 15 heavy (non-hydrogen) atoms. The molecule has 0 bridgehead atoms. The topological polar surface area (TPSA) is 27.1 Å². The Morgan fingerprint density at radius 3 is 2.40 bits per heavy atom. The van der Waals surface area contributed by atoms with Gasteiger partial charge in [0, 0.05) is 24.9 Å². The van der Waals surface area contributed by atoms with Gasteiger partial charge in [-0.3, -0.25) is 4.68 Å². The molecule has 1 heterocycles. The molecule has 0 unspecified atom stereocenters. The first-order valence-electron chi connectivity index (χ1n) is 5.43. The van der Waals surface area contributed by atoms with Gasteiger partial charge in [0.15, 0.2) is 0 Å². The van der Waals surface area contributed by atoms with Crippen LogP contribution in [0.15, 0.2) is 6.20 Å². The standard InChI is InChI=1S/C12H22N2O/c1-9(2)14-7-10(12(3,4)5)11(13-14)8-15-6/h7,9H,8H2,1-6H3. The molecule has 0 N–H and O–H groups in total. The third-order valence-corrected chi connectivity index (χ3v) is 2.43. The summed E-state index contributed by atoms with van der Waals surface area (Å²) in [5.41, 5.74) is 2.46. The molecule has 0 saturated heterocycles. The summed E-state index contributed by atoms with van der Waals surface area (Å²) in [4.78, 5) is 0. The van der Waals surface area contributed by atoms with Crippen LogP contribution in [-0.4, -0.2) is 16.9 Å². The molecule has 0 atom stereocenters. The smallest absolute Gasteiger partial charge is 0.0918 e. The molecule has 86 valence electrons. The minimum absolute atomic E-state index is 0.126. The highest BCUT2D eigenvalue weighted by atomic mass is 16.5. The molecule has 0 radical (unpaired) electrons. The molecule has 0 amide bonds. The van der Waals surface area contributed by atoms with E-state index < -0.39 is 0 Å². The van der Waals surface area contributed by atoms with Crippen molar-refractivity contribution in [1.29, 1.82) is 0 Å². The van der Waals surface area contributed by atoms with Crippen LogP contribution in [0.25, 0.3) is 0 Å². The van der Waals surface area contributed by atoms with Crippen LogP contribution < -0.4 is 0 Å². The number of rotatable bonds is 3. The van der Waals surface area contributed by atoms with Gasteiger partial charge >= 0.3 is 0 Å². The number of hydrogen-bond acceptors (Lipinski definition) is 2. The van der Waals surface area contributed by atoms with Crippen molar-refractivity contribution in [1.82, 2.24) is 9.78 Å². The minimum atomic E-state index is 0.126. The van der Waals surface area contributed by atoms with E-state index in [1.165, 1.54) is 5.56 Å². The largest absolute Gasteiger partial charge is 0.378 e. The lowest BCUT2D eigenvalue weighted by atomic mass is 9.87. The molecule has 1 aromatic heterocycles. The number of ether oxygens (including phenoxy) is 1. The number of nitrogens with zero attached hydrogens (tertiary/aromatic N) is 2. The molecule has 0 aromatic carbocycles. The molecule has 0 aliphatic rings. The zero-order valence-corrected chi connectivity index (χ0v) is 10.7. The van der Waals surface area contributed by atoms with Crippen LogP contribution in [0.2, 0.25) is 0 Å². The van der Waals surface area contributed by atoms with Crippen LogP contribution in [0.5, 0.6) is 0 Å². The van der Waals surface area contributed by atoms with Crippen molar-refractivity contribution in [3.05, 3.63) is 17.5 Å². The van der Waals surface area contributed by atoms with E-state index >= 15 is 0 Å². The fourth-order valence-electron chi connectivity index (χ4n) is 1.56. The van der Waals surface area contributed by atoms with Crippen LogP contribution in [0, 0.1) is 0 Å². The Bertz CT molecular complexity index is 321. The lowest BCUT2D eigenvalue weighted by molar-refractivity contribution is 0.179. The number of hydrogen-bond donors (Lipinski definition) is 0. The Kier molecular flexibility index (Phi) is 3.55. The number of aromatic nitrogens is 2. The summed E-state index contributed by atoms with van der Waals surface area (Å²) in [6.07, 6.45) is 2.14. The molecule has 1 aromatic rings. The van der Waals surface area contributed by atoms with Crippen molar-refractivity contribution in [3.63, 3.8) is 0 Å². The van der Waals surface area contributed by atoms with E-state index in [2.05, 4.69) is 45.9 Å². The maximum Gasteiger partial charge on any atom is 0.0918 e. The Balaban J connectivity index is 3.12. The molecule has 1 rings (SSSR count). The van der Waals surface area contributed by atoms with Gasteiger partial charge in [-0.2, -0.15) is 5.10 Å². The first-order valence-corrected chi connectivity index (χ1v) is 5.43. The quantitative estimate of drug-likeness (QED) is 0.767. The summed E-state index contributed by atoms with van der Waals surface area (Å²) in [6, 6.07) is 0.400. The predicted octanol–water partition coefficient (Wildman–Crippen LogP) is 2.91. The summed E-state index contributed by atoms with van der Waals surface area (Å²) >= 11 is 0. The second kappa shape index (κ2) is 4.35. The molecule has 0 fully saturated rings. The van der Waals surface area contributed by atoms with Gasteiger partial charge in [0.25, 0.3) is 0 Å². The van der Waals surface area contributed by atoms with Gasteiger partial charge < -0.3 is 4.74 Å². The fraction of sp³-hybridized carbons (Fsp3) is 0.750. The fourth-order valence-corrected chi connectivity index (χ4v) is 1.56. The normalized spacial score (nSPS) is 12.5. The van der Waals surface area contributed by atoms with Crippen molar-refractivity contribution >= 4 is 0 Å². The van der Waals surface area contributed by atoms with Gasteiger partial charge in [0.1, 0.15) is 0 Å². The Labute approximate surface area is 92.4 Å². The molecule has 0 spiro atoms. The van der Waals surface area contributed by atoms with Crippen LogP contribution in [0.1, 0.15) is 51.9 Å². The van der Waals surface area contributed by atoms with Crippen molar-refractivity contribution < 1.29 is 4.74 Å². The van der Waals surface area contributed by atoms with E-state index in [1.807, 2.05) is 4.68 Å². The van der Waals surface area contributed by atoms with E-state index in [4.69, 9.17) is 4.74 Å². The average Bonchev–Trinajstić information content (AvgIpc) is 2.48. The maximum atomic E-state index is 5.18. The van der Waals surface area contributed by atoms with E-state index in [0.717, 1.165) is 5.69 Å². The lowest BCUT2D eigenvalue weighted by Gasteiger charge is -2.17. The first-order chi connectivity index (χ1) is 6.86. The van der Waals surface area contributed by atoms with Gasteiger partial charge in [0.2, 0.25) is 0 Å². The Hall–Kier alpha value is -0.830. The third-order valence-electron chi connectivity index (χ3n) is 2.43. The van der Waals surface area contributed by atoms with E-state index in [-0.39, 0.29) is 5.41 Å². The summed E-state index contributed by atoms with van der Waals surface area (Å²) in [5, 5.41) is 4.56. The lowest BCUT2D eigenvalue weighted by Crippen LogP contribution is -2.13. The van der Waals surface area contributed by atoms with Gasteiger partial charge in [-0.25, -0.2) is 0 Å². The van der Waals surface area contributed by atoms with Crippen LogP contribution >= 0.6 is 0 Å². The highest BCUT2D eigenvalue weighted by Crippen LogP contribution is 2.26. The predicted molar refractivity (Wildman–Crippen MR) is 62.0 cm³/mol. The summed E-state index contributed by atoms with van der Waals surface area (Å²) in [5.74, 6) is 0. The van der Waals surface area contributed by atoms with E-state index in [1.54, 1.807) is 7.11 Å². The van der Waals surface area contributed by atoms with Crippen LogP contribution in [-0.2, 0) is 16.8 Å². The molecule has 3 heteroatoms. The molecule has 0 saturated carbocycles. The van der Waals surface area contributed by atoms with Gasteiger partial charge in [-0.05, 0) is 19.3 Å². The maximum absolute atomic E-state index is 5.18. The van der Waals surface area contributed by atoms with Gasteiger partial charge in [0.05, 0.1) is 12.3 Å². The first kappa shape index (κ1) is 12.2. The van der Waals surface area contributed by atoms with Gasteiger partial charge in [-0.15, -0.1) is 0 Å². The molecule has 0 aliphatic heterocycles. The summed E-state index contributed by atoms with van der Waals surface area (Å²) in [7, 11) is 1.71. The second-order valence-corrected chi connectivity index (χ2v) is 5.25. The monoisotopic (exact) mass is 210 g/mol. The zero-order valence-electron chi connectivity index (χ0n) is 10.7. The molecule has 0 aliphatic carbocycles. The Morgan fingerprint density at radius 2 is 2.00 bits per heavy atom. The average molecular weight is 210 g/mol. The van der Waals surface area contributed by atoms with E-state index in [0.29, 0.717) is 12.6 Å². The second-order valence-electron chi connectivity index (χ2n) is 5.25. The highest BCUT2D eigenvalue weighted by Gasteiger charge is 2.21. The SMILES string of the molecule is COCc1nn(C(C)C)cc1C(C)(C)C. The van der Waals surface area contributed by atoms with Crippen molar-refractivity contribution in [2.75, 3.05) is 7.11 Å². The highest BCUT2D eigenvalue weighted by molar-refractivity contribution is 5.25. The summed E-state index contributed by atoms with van der Waals surface area (Å²) in [6.45, 7) is 11.5. The van der Waals surface area contributed by atoms with Gasteiger partial charge in [-0.1, -0.05) is 20.8 Å². The van der Waals surface area contributed by atoms with Crippen molar-refractivity contribution in [3.8, 4) is 0 Å². The summed E-state index contributed by atoms with van der Waals surface area (Å²) < 4.78 is 7.19. The third kappa shape index (κ3) is 2.81.